The van der Waals surface area contributed by atoms with Crippen molar-refractivity contribution in [3.8, 4) is 5.75 Å². The number of nitrogens with zero attached hydrogens (tertiary/aromatic N) is 1. The first-order valence-corrected chi connectivity index (χ1v) is 7.18. The molecule has 1 aromatic carbocycles. The lowest BCUT2D eigenvalue weighted by atomic mass is 10.1. The maximum Gasteiger partial charge on any atom is 0.127 e. The van der Waals surface area contributed by atoms with Crippen LogP contribution in [0.15, 0.2) is 12.1 Å². The van der Waals surface area contributed by atoms with Gasteiger partial charge in [-0.3, -0.25) is 0 Å². The lowest BCUT2D eigenvalue weighted by Gasteiger charge is -2.21. The van der Waals surface area contributed by atoms with Gasteiger partial charge in [0.1, 0.15) is 5.75 Å². The highest BCUT2D eigenvalue weighted by Gasteiger charge is 2.19. The van der Waals surface area contributed by atoms with Crippen molar-refractivity contribution in [2.24, 2.45) is 11.7 Å². The van der Waals surface area contributed by atoms with Gasteiger partial charge in [-0.1, -0.05) is 30.7 Å². The molecule has 1 aromatic rings. The minimum Gasteiger partial charge on any atom is -0.493 e. The molecular weight excluding hydrogens is 280 g/mol. The van der Waals surface area contributed by atoms with Gasteiger partial charge in [0.2, 0.25) is 0 Å². The topological polar surface area (TPSA) is 38.5 Å². The maximum atomic E-state index is 6.15. The van der Waals surface area contributed by atoms with Crippen LogP contribution in [0.1, 0.15) is 18.1 Å². The summed E-state index contributed by atoms with van der Waals surface area (Å²) in [6.45, 7) is 4.40. The van der Waals surface area contributed by atoms with Crippen LogP contribution in [0.5, 0.6) is 5.75 Å². The molecular formula is C14H19ClN2OS. The molecule has 5 heteroatoms. The van der Waals surface area contributed by atoms with Gasteiger partial charge in [-0.15, -0.1) is 0 Å². The van der Waals surface area contributed by atoms with Crippen molar-refractivity contribution in [2.45, 2.75) is 19.9 Å². The van der Waals surface area contributed by atoms with E-state index >= 15 is 0 Å². The Labute approximate surface area is 124 Å². The first kappa shape index (κ1) is 14.6. The Hall–Kier alpha value is -0.840. The van der Waals surface area contributed by atoms with Crippen LogP contribution in [-0.4, -0.2) is 30.1 Å². The smallest absolute Gasteiger partial charge is 0.127 e. The Balaban J connectivity index is 2.09. The molecule has 19 heavy (non-hydrogen) atoms. The molecule has 0 saturated carbocycles. The molecule has 3 nitrogen and oxygen atoms in total. The average Bonchev–Trinajstić information content (AvgIpc) is 2.76. The largest absolute Gasteiger partial charge is 0.493 e. The van der Waals surface area contributed by atoms with Crippen LogP contribution < -0.4 is 10.5 Å². The fourth-order valence-electron chi connectivity index (χ4n) is 2.38. The van der Waals surface area contributed by atoms with Crippen molar-refractivity contribution in [1.29, 1.82) is 0 Å². The number of nitrogens with two attached hydrogens (primary N) is 1. The number of hydrogen-bond acceptors (Lipinski definition) is 3. The molecule has 0 aromatic heterocycles. The van der Waals surface area contributed by atoms with E-state index in [0.717, 1.165) is 42.5 Å². The summed E-state index contributed by atoms with van der Waals surface area (Å²) in [6.07, 6.45) is 0.940. The van der Waals surface area contributed by atoms with E-state index in [-0.39, 0.29) is 5.92 Å². The molecule has 104 valence electrons. The SMILES string of the molecule is CC(CN(C)Cc1cc(Cl)cc2c1OCC2)C(N)=S. The van der Waals surface area contributed by atoms with Crippen LogP contribution >= 0.6 is 23.8 Å². The molecule has 1 atom stereocenters. The second-order valence-corrected chi connectivity index (χ2v) is 6.06. The van der Waals surface area contributed by atoms with Gasteiger partial charge in [-0.2, -0.15) is 0 Å². The Bertz CT molecular complexity index is 493. The molecule has 1 heterocycles. The monoisotopic (exact) mass is 298 g/mol. The fraction of sp³-hybridized carbons (Fsp3) is 0.500. The molecule has 1 aliphatic rings. The predicted molar refractivity (Wildman–Crippen MR) is 82.9 cm³/mol. The van der Waals surface area contributed by atoms with E-state index in [1.54, 1.807) is 0 Å². The third-order valence-electron chi connectivity index (χ3n) is 3.34. The number of thiocarbonyl (C=S) groups is 1. The first-order valence-electron chi connectivity index (χ1n) is 6.39. The van der Waals surface area contributed by atoms with Gasteiger partial charge >= 0.3 is 0 Å². The summed E-state index contributed by atoms with van der Waals surface area (Å²) in [5.41, 5.74) is 7.99. The van der Waals surface area contributed by atoms with Crippen LogP contribution in [0.3, 0.4) is 0 Å². The molecule has 0 amide bonds. The Morgan fingerprint density at radius 2 is 2.32 bits per heavy atom. The van der Waals surface area contributed by atoms with E-state index in [2.05, 4.69) is 11.9 Å². The van der Waals surface area contributed by atoms with Crippen LogP contribution in [0.4, 0.5) is 0 Å². The lowest BCUT2D eigenvalue weighted by Crippen LogP contribution is -2.31. The highest BCUT2D eigenvalue weighted by molar-refractivity contribution is 7.80. The minimum absolute atomic E-state index is 0.202. The summed E-state index contributed by atoms with van der Waals surface area (Å²) < 4.78 is 5.70. The summed E-state index contributed by atoms with van der Waals surface area (Å²) in [6, 6.07) is 3.97. The van der Waals surface area contributed by atoms with Crippen LogP contribution in [-0.2, 0) is 13.0 Å². The van der Waals surface area contributed by atoms with Crippen LogP contribution in [0, 0.1) is 5.92 Å². The zero-order valence-corrected chi connectivity index (χ0v) is 12.9. The van der Waals surface area contributed by atoms with Gasteiger partial charge in [0.25, 0.3) is 0 Å². The van der Waals surface area contributed by atoms with E-state index < -0.39 is 0 Å². The molecule has 2 N–H and O–H groups in total. The quantitative estimate of drug-likeness (QED) is 0.848. The summed E-state index contributed by atoms with van der Waals surface area (Å²) in [5.74, 6) is 1.20. The lowest BCUT2D eigenvalue weighted by molar-refractivity contribution is 0.296. The van der Waals surface area contributed by atoms with E-state index in [9.17, 15) is 0 Å². The second kappa shape index (κ2) is 6.07. The van der Waals surface area contributed by atoms with Crippen molar-refractivity contribution in [3.63, 3.8) is 0 Å². The normalized spacial score (nSPS) is 15.2. The van der Waals surface area contributed by atoms with Gasteiger partial charge < -0.3 is 15.4 Å². The van der Waals surface area contributed by atoms with Crippen molar-refractivity contribution in [1.82, 2.24) is 4.90 Å². The van der Waals surface area contributed by atoms with Gasteiger partial charge in [0, 0.05) is 36.0 Å². The summed E-state index contributed by atoms with van der Waals surface area (Å²) in [7, 11) is 2.05. The molecule has 1 unspecified atom stereocenters. The van der Waals surface area contributed by atoms with Crippen molar-refractivity contribution in [3.05, 3.63) is 28.3 Å². The number of rotatable bonds is 5. The zero-order chi connectivity index (χ0) is 14.0. The van der Waals surface area contributed by atoms with Crippen LogP contribution in [0.25, 0.3) is 0 Å². The van der Waals surface area contributed by atoms with Crippen molar-refractivity contribution < 1.29 is 4.74 Å². The summed E-state index contributed by atoms with van der Waals surface area (Å²) >= 11 is 11.2. The van der Waals surface area contributed by atoms with E-state index in [1.165, 1.54) is 5.56 Å². The highest BCUT2D eigenvalue weighted by Crippen LogP contribution is 2.33. The van der Waals surface area contributed by atoms with E-state index in [1.807, 2.05) is 19.1 Å². The Morgan fingerprint density at radius 3 is 3.00 bits per heavy atom. The highest BCUT2D eigenvalue weighted by atomic mass is 35.5. The predicted octanol–water partition coefficient (Wildman–Crippen LogP) is 2.63. The molecule has 0 bridgehead atoms. The molecule has 0 fully saturated rings. The number of fused-ring (bicyclic) bond motifs is 1. The molecule has 0 spiro atoms. The number of halogens is 1. The maximum absolute atomic E-state index is 6.15. The summed E-state index contributed by atoms with van der Waals surface area (Å²) in [4.78, 5) is 2.75. The van der Waals surface area contributed by atoms with Crippen molar-refractivity contribution >= 4 is 28.8 Å². The molecule has 0 radical (unpaired) electrons. The standard InChI is InChI=1S/C14H19ClN2OS/c1-9(14(16)19)7-17(2)8-11-6-12(15)5-10-3-4-18-13(10)11/h5-6,9H,3-4,7-8H2,1-2H3,(H2,16,19). The summed E-state index contributed by atoms with van der Waals surface area (Å²) in [5, 5.41) is 0.773. The van der Waals surface area contributed by atoms with Gasteiger partial charge in [0.15, 0.2) is 0 Å². The first-order chi connectivity index (χ1) is 8.97. The number of ether oxygens (including phenoxy) is 1. The van der Waals surface area contributed by atoms with E-state index in [0.29, 0.717) is 4.99 Å². The minimum atomic E-state index is 0.202. The van der Waals surface area contributed by atoms with Gasteiger partial charge in [0.05, 0.1) is 11.6 Å². The Morgan fingerprint density at radius 1 is 1.58 bits per heavy atom. The zero-order valence-electron chi connectivity index (χ0n) is 11.3. The van der Waals surface area contributed by atoms with E-state index in [4.69, 9.17) is 34.3 Å². The number of hydrogen-bond donors (Lipinski definition) is 1. The molecule has 0 saturated heterocycles. The van der Waals surface area contributed by atoms with Gasteiger partial charge in [-0.05, 0) is 24.7 Å². The fourth-order valence-corrected chi connectivity index (χ4v) is 2.71. The average molecular weight is 299 g/mol. The Kier molecular flexibility index (Phi) is 4.66. The molecule has 1 aliphatic heterocycles. The van der Waals surface area contributed by atoms with Crippen LogP contribution in [0.2, 0.25) is 5.02 Å². The number of benzene rings is 1. The second-order valence-electron chi connectivity index (χ2n) is 5.15. The third-order valence-corrected chi connectivity index (χ3v) is 3.96. The molecule has 0 aliphatic carbocycles. The van der Waals surface area contributed by atoms with Crippen molar-refractivity contribution in [2.75, 3.05) is 20.2 Å². The third kappa shape index (κ3) is 3.59. The molecule has 2 rings (SSSR count). The van der Waals surface area contributed by atoms with Gasteiger partial charge in [-0.25, -0.2) is 0 Å².